The van der Waals surface area contributed by atoms with Gasteiger partial charge in [0.25, 0.3) is 0 Å². The predicted octanol–water partition coefficient (Wildman–Crippen LogP) is 15.1. The molecule has 5 nitrogen and oxygen atoms in total. The van der Waals surface area contributed by atoms with Gasteiger partial charge in [-0.1, -0.05) is 206 Å². The molecule has 0 aromatic heterocycles. The molecule has 308 valence electrons. The molecule has 0 heterocycles. The van der Waals surface area contributed by atoms with Gasteiger partial charge < -0.3 is 14.2 Å². The van der Waals surface area contributed by atoms with Crippen molar-refractivity contribution >= 4 is 11.9 Å². The minimum atomic E-state index is -0.526. The lowest BCUT2D eigenvalue weighted by molar-refractivity contribution is -0.163. The van der Waals surface area contributed by atoms with Crippen LogP contribution in [0.15, 0.2) is 12.2 Å². The summed E-state index contributed by atoms with van der Waals surface area (Å²) < 4.78 is 17.3. The van der Waals surface area contributed by atoms with Gasteiger partial charge in [-0.05, 0) is 44.9 Å². The summed E-state index contributed by atoms with van der Waals surface area (Å²) in [7, 11) is 0. The summed E-state index contributed by atoms with van der Waals surface area (Å²) in [6, 6.07) is 0. The lowest BCUT2D eigenvalue weighted by Gasteiger charge is -2.18. The van der Waals surface area contributed by atoms with Gasteiger partial charge in [-0.25, -0.2) is 0 Å². The molecule has 0 saturated heterocycles. The molecule has 0 aliphatic carbocycles. The molecule has 0 fully saturated rings. The van der Waals surface area contributed by atoms with Crippen molar-refractivity contribution in [3.8, 4) is 0 Å². The van der Waals surface area contributed by atoms with E-state index in [0.29, 0.717) is 26.1 Å². The molecule has 0 N–H and O–H groups in total. The molecular formula is C47H90O5. The maximum Gasteiger partial charge on any atom is 0.306 e. The van der Waals surface area contributed by atoms with Gasteiger partial charge >= 0.3 is 11.9 Å². The summed E-state index contributed by atoms with van der Waals surface area (Å²) in [6.07, 6.45) is 47.8. The summed E-state index contributed by atoms with van der Waals surface area (Å²) in [5.74, 6) is -0.395. The number of esters is 2. The third-order valence-corrected chi connectivity index (χ3v) is 10.3. The fraction of sp³-hybridized carbons (Fsp3) is 0.915. The van der Waals surface area contributed by atoms with Crippen molar-refractivity contribution < 1.29 is 23.8 Å². The van der Waals surface area contributed by atoms with Crippen molar-refractivity contribution in [3.63, 3.8) is 0 Å². The SMILES string of the molecule is CCCCCCCC/C=C\CCCCCCCC(=O)OCC(COCCCCCCCCCCCCCC)OC(=O)CCCCCCCCCCC. The maximum absolute atomic E-state index is 12.7. The van der Waals surface area contributed by atoms with E-state index in [0.717, 1.165) is 38.5 Å². The van der Waals surface area contributed by atoms with E-state index in [9.17, 15) is 9.59 Å². The first-order valence-corrected chi connectivity index (χ1v) is 23.2. The van der Waals surface area contributed by atoms with Crippen molar-refractivity contribution in [1.29, 1.82) is 0 Å². The Morgan fingerprint density at radius 1 is 0.404 bits per heavy atom. The van der Waals surface area contributed by atoms with Gasteiger partial charge in [-0.15, -0.1) is 0 Å². The van der Waals surface area contributed by atoms with Crippen molar-refractivity contribution in [3.05, 3.63) is 12.2 Å². The van der Waals surface area contributed by atoms with Gasteiger partial charge in [-0.3, -0.25) is 9.59 Å². The number of carbonyl (C=O) groups is 2. The van der Waals surface area contributed by atoms with Crippen LogP contribution in [0.25, 0.3) is 0 Å². The average molecular weight is 735 g/mol. The van der Waals surface area contributed by atoms with E-state index in [1.54, 1.807) is 0 Å². The van der Waals surface area contributed by atoms with Gasteiger partial charge in [-0.2, -0.15) is 0 Å². The zero-order chi connectivity index (χ0) is 37.8. The molecule has 0 spiro atoms. The first kappa shape index (κ1) is 50.6. The second kappa shape index (κ2) is 44.0. The maximum atomic E-state index is 12.7. The summed E-state index contributed by atoms with van der Waals surface area (Å²) in [5.41, 5.74) is 0. The van der Waals surface area contributed by atoms with E-state index >= 15 is 0 Å². The van der Waals surface area contributed by atoms with Crippen molar-refractivity contribution in [1.82, 2.24) is 0 Å². The van der Waals surface area contributed by atoms with Crippen LogP contribution in [0.4, 0.5) is 0 Å². The highest BCUT2D eigenvalue weighted by atomic mass is 16.6. The second-order valence-corrected chi connectivity index (χ2v) is 15.7. The number of allylic oxidation sites excluding steroid dienone is 2. The Morgan fingerprint density at radius 2 is 0.750 bits per heavy atom. The number of unbranched alkanes of at least 4 members (excludes halogenated alkanes) is 30. The third kappa shape index (κ3) is 41.4. The molecule has 0 radical (unpaired) electrons. The number of hydrogen-bond acceptors (Lipinski definition) is 5. The van der Waals surface area contributed by atoms with Crippen LogP contribution >= 0.6 is 0 Å². The molecule has 1 unspecified atom stereocenters. The monoisotopic (exact) mass is 735 g/mol. The highest BCUT2D eigenvalue weighted by Crippen LogP contribution is 2.14. The van der Waals surface area contributed by atoms with Gasteiger partial charge in [0.2, 0.25) is 0 Å². The average Bonchev–Trinajstić information content (AvgIpc) is 3.14. The Morgan fingerprint density at radius 3 is 1.17 bits per heavy atom. The van der Waals surface area contributed by atoms with Gasteiger partial charge in [0.1, 0.15) is 6.61 Å². The Hall–Kier alpha value is -1.36. The lowest BCUT2D eigenvalue weighted by atomic mass is 10.1. The van der Waals surface area contributed by atoms with E-state index in [1.165, 1.54) is 180 Å². The standard InChI is InChI=1S/C47H90O5/c1-4-7-10-13-16-19-21-23-24-25-26-29-31-34-37-40-46(48)51-44-45(52-47(49)41-38-35-32-28-18-15-12-9-6-3)43-50-42-39-36-33-30-27-22-20-17-14-11-8-5-2/h23-24,45H,4-22,25-44H2,1-3H3/b24-23-. The summed E-state index contributed by atoms with van der Waals surface area (Å²) >= 11 is 0. The number of ether oxygens (including phenoxy) is 3. The molecule has 0 aromatic carbocycles. The molecule has 52 heavy (non-hydrogen) atoms. The Labute approximate surface area is 325 Å². The van der Waals surface area contributed by atoms with E-state index in [2.05, 4.69) is 32.9 Å². The number of rotatable bonds is 43. The van der Waals surface area contributed by atoms with Crippen molar-refractivity contribution in [2.45, 2.75) is 258 Å². The van der Waals surface area contributed by atoms with Crippen molar-refractivity contribution in [2.75, 3.05) is 19.8 Å². The Kier molecular flexibility index (Phi) is 42.9. The molecule has 0 bridgehead atoms. The highest BCUT2D eigenvalue weighted by molar-refractivity contribution is 5.70. The smallest absolute Gasteiger partial charge is 0.306 e. The fourth-order valence-electron chi connectivity index (χ4n) is 6.80. The van der Waals surface area contributed by atoms with Crippen molar-refractivity contribution in [2.24, 2.45) is 0 Å². The van der Waals surface area contributed by atoms with E-state index < -0.39 is 6.10 Å². The van der Waals surface area contributed by atoms with E-state index in [4.69, 9.17) is 14.2 Å². The van der Waals surface area contributed by atoms with Gasteiger partial charge in [0.15, 0.2) is 6.10 Å². The second-order valence-electron chi connectivity index (χ2n) is 15.7. The van der Waals surface area contributed by atoms with Crippen LogP contribution in [0.3, 0.4) is 0 Å². The Balaban J connectivity index is 4.18. The van der Waals surface area contributed by atoms with Gasteiger partial charge in [0.05, 0.1) is 6.61 Å². The summed E-state index contributed by atoms with van der Waals surface area (Å²) in [4.78, 5) is 25.2. The van der Waals surface area contributed by atoms with E-state index in [-0.39, 0.29) is 18.5 Å². The number of hydrogen-bond donors (Lipinski definition) is 0. The third-order valence-electron chi connectivity index (χ3n) is 10.3. The molecule has 0 rings (SSSR count). The molecule has 0 aliphatic rings. The van der Waals surface area contributed by atoms with Crippen LogP contribution in [-0.4, -0.2) is 37.9 Å². The minimum absolute atomic E-state index is 0.0891. The van der Waals surface area contributed by atoms with E-state index in [1.807, 2.05) is 0 Å². The zero-order valence-corrected chi connectivity index (χ0v) is 35.4. The molecule has 0 aliphatic heterocycles. The first-order valence-electron chi connectivity index (χ1n) is 23.2. The van der Waals surface area contributed by atoms with Gasteiger partial charge in [0, 0.05) is 19.4 Å². The van der Waals surface area contributed by atoms with Crippen LogP contribution in [0.2, 0.25) is 0 Å². The molecular weight excluding hydrogens is 645 g/mol. The quantitative estimate of drug-likeness (QED) is 0.0355. The number of carbonyl (C=O) groups excluding carboxylic acids is 2. The molecule has 0 saturated carbocycles. The predicted molar refractivity (Wildman–Crippen MR) is 224 cm³/mol. The van der Waals surface area contributed by atoms with Crippen LogP contribution in [-0.2, 0) is 23.8 Å². The fourth-order valence-corrected chi connectivity index (χ4v) is 6.80. The normalized spacial score (nSPS) is 12.1. The van der Waals surface area contributed by atoms with Crippen LogP contribution in [0.5, 0.6) is 0 Å². The molecule has 5 heteroatoms. The summed E-state index contributed by atoms with van der Waals surface area (Å²) in [6.45, 7) is 7.84. The zero-order valence-electron chi connectivity index (χ0n) is 35.4. The lowest BCUT2D eigenvalue weighted by Crippen LogP contribution is -2.30. The highest BCUT2D eigenvalue weighted by Gasteiger charge is 2.17. The largest absolute Gasteiger partial charge is 0.462 e. The Bertz CT molecular complexity index is 750. The molecule has 1 atom stereocenters. The van der Waals surface area contributed by atoms with Crippen LogP contribution in [0, 0.1) is 0 Å². The summed E-state index contributed by atoms with van der Waals surface area (Å²) in [5, 5.41) is 0. The topological polar surface area (TPSA) is 61.8 Å². The van der Waals surface area contributed by atoms with Crippen LogP contribution in [0.1, 0.15) is 252 Å². The minimum Gasteiger partial charge on any atom is -0.462 e. The molecule has 0 aromatic rings. The van der Waals surface area contributed by atoms with Crippen LogP contribution < -0.4 is 0 Å². The first-order chi connectivity index (χ1) is 25.6. The molecule has 0 amide bonds.